The molecule has 0 saturated heterocycles. The van der Waals surface area contributed by atoms with Gasteiger partial charge in [0.15, 0.2) is 5.76 Å². The molecule has 1 rings (SSSR count). The van der Waals surface area contributed by atoms with Crippen LogP contribution in [0.3, 0.4) is 0 Å². The smallest absolute Gasteiger partial charge is 0.157 e. The van der Waals surface area contributed by atoms with Crippen molar-refractivity contribution in [2.24, 2.45) is 0 Å². The average molecular weight is 192 g/mol. The molecule has 0 saturated carbocycles. The molecule has 2 N–H and O–H groups in total. The maximum absolute atomic E-state index is 9.23. The fraction of sp³-hybridized carbons (Fsp3) is 0.333. The number of aliphatic hydroxyl groups is 2. The second kappa shape index (κ2) is 3.74. The third-order valence-corrected chi connectivity index (χ3v) is 2.17. The number of hydrogen-bond acceptors (Lipinski definition) is 2. The summed E-state index contributed by atoms with van der Waals surface area (Å²) in [6.45, 7) is 6.39. The Kier molecular flexibility index (Phi) is 2.84. The minimum Gasteiger partial charge on any atom is -0.512 e. The SMILES string of the molecule is CC(C)(C)c1ccc(C(O)=CO)cc1. The first kappa shape index (κ1) is 10.6. The highest BCUT2D eigenvalue weighted by Crippen LogP contribution is 2.23. The minimum absolute atomic E-state index is 0.106. The van der Waals surface area contributed by atoms with Gasteiger partial charge in [0.1, 0.15) is 6.26 Å². The summed E-state index contributed by atoms with van der Waals surface area (Å²) in [5.41, 5.74) is 1.93. The van der Waals surface area contributed by atoms with Crippen molar-refractivity contribution in [3.63, 3.8) is 0 Å². The maximum Gasteiger partial charge on any atom is 0.157 e. The summed E-state index contributed by atoms with van der Waals surface area (Å²) < 4.78 is 0. The van der Waals surface area contributed by atoms with Gasteiger partial charge in [-0.15, -0.1) is 0 Å². The predicted octanol–water partition coefficient (Wildman–Crippen LogP) is 3.40. The van der Waals surface area contributed by atoms with Crippen LogP contribution in [0, 0.1) is 0 Å². The van der Waals surface area contributed by atoms with Crippen LogP contribution in [0.1, 0.15) is 31.9 Å². The standard InChI is InChI=1S/C12H16O2/c1-12(2,3)10-6-4-9(5-7-10)11(14)8-13/h4-8,13-14H,1-3H3. The van der Waals surface area contributed by atoms with E-state index in [0.29, 0.717) is 11.8 Å². The normalized spacial score (nSPS) is 12.9. The van der Waals surface area contributed by atoms with Crippen molar-refractivity contribution in [3.8, 4) is 0 Å². The average Bonchev–Trinajstić information content (AvgIpc) is 2.15. The molecule has 0 fully saturated rings. The second-order valence-corrected chi connectivity index (χ2v) is 4.34. The molecule has 0 aliphatic rings. The molecule has 2 heteroatoms. The van der Waals surface area contributed by atoms with E-state index in [0.717, 1.165) is 0 Å². The first-order valence-electron chi connectivity index (χ1n) is 4.59. The largest absolute Gasteiger partial charge is 0.512 e. The lowest BCUT2D eigenvalue weighted by atomic mass is 9.86. The van der Waals surface area contributed by atoms with Crippen molar-refractivity contribution < 1.29 is 10.2 Å². The molecule has 14 heavy (non-hydrogen) atoms. The van der Waals surface area contributed by atoms with Crippen molar-refractivity contribution in [2.45, 2.75) is 26.2 Å². The van der Waals surface area contributed by atoms with Gasteiger partial charge in [-0.25, -0.2) is 0 Å². The van der Waals surface area contributed by atoms with Gasteiger partial charge in [-0.05, 0) is 11.0 Å². The molecule has 0 aliphatic carbocycles. The van der Waals surface area contributed by atoms with E-state index in [9.17, 15) is 5.11 Å². The Bertz CT molecular complexity index is 328. The highest BCUT2D eigenvalue weighted by Gasteiger charge is 2.13. The number of benzene rings is 1. The fourth-order valence-electron chi connectivity index (χ4n) is 1.22. The van der Waals surface area contributed by atoms with E-state index in [1.807, 2.05) is 12.1 Å². The van der Waals surface area contributed by atoms with Crippen LogP contribution in [0.5, 0.6) is 0 Å². The highest BCUT2D eigenvalue weighted by molar-refractivity contribution is 5.57. The van der Waals surface area contributed by atoms with E-state index in [1.165, 1.54) is 5.56 Å². The minimum atomic E-state index is -0.106. The zero-order chi connectivity index (χ0) is 10.8. The van der Waals surface area contributed by atoms with Gasteiger partial charge >= 0.3 is 0 Å². The van der Waals surface area contributed by atoms with Crippen LogP contribution >= 0.6 is 0 Å². The number of aliphatic hydroxyl groups excluding tert-OH is 2. The van der Waals surface area contributed by atoms with Crippen LogP contribution < -0.4 is 0 Å². The Balaban J connectivity index is 3.01. The number of hydrogen-bond donors (Lipinski definition) is 2. The van der Waals surface area contributed by atoms with Crippen molar-refractivity contribution in [3.05, 3.63) is 41.7 Å². The van der Waals surface area contributed by atoms with Gasteiger partial charge in [-0.2, -0.15) is 0 Å². The van der Waals surface area contributed by atoms with E-state index >= 15 is 0 Å². The summed E-state index contributed by atoms with van der Waals surface area (Å²) >= 11 is 0. The van der Waals surface area contributed by atoms with Crippen LogP contribution in [0.15, 0.2) is 30.5 Å². The lowest BCUT2D eigenvalue weighted by molar-refractivity contribution is 0.431. The van der Waals surface area contributed by atoms with Crippen molar-refractivity contribution in [1.29, 1.82) is 0 Å². The Labute approximate surface area is 84.5 Å². The predicted molar refractivity (Wildman–Crippen MR) is 58.4 cm³/mol. The van der Waals surface area contributed by atoms with Gasteiger partial charge < -0.3 is 10.2 Å². The lowest BCUT2D eigenvalue weighted by Gasteiger charge is -2.18. The molecule has 0 radical (unpaired) electrons. The van der Waals surface area contributed by atoms with Gasteiger partial charge in [0.25, 0.3) is 0 Å². The zero-order valence-electron chi connectivity index (χ0n) is 8.78. The van der Waals surface area contributed by atoms with Crippen LogP contribution in [0.4, 0.5) is 0 Å². The van der Waals surface area contributed by atoms with E-state index < -0.39 is 0 Å². The van der Waals surface area contributed by atoms with Crippen LogP contribution in [0.25, 0.3) is 5.76 Å². The highest BCUT2D eigenvalue weighted by atomic mass is 16.3. The summed E-state index contributed by atoms with van der Waals surface area (Å²) in [6.07, 6.45) is 0.700. The van der Waals surface area contributed by atoms with Crippen LogP contribution in [-0.4, -0.2) is 10.2 Å². The summed E-state index contributed by atoms with van der Waals surface area (Å²) in [4.78, 5) is 0. The fourth-order valence-corrected chi connectivity index (χ4v) is 1.22. The van der Waals surface area contributed by atoms with Gasteiger partial charge in [0.05, 0.1) is 0 Å². The van der Waals surface area contributed by atoms with E-state index in [-0.39, 0.29) is 11.2 Å². The molecule has 0 amide bonds. The molecule has 0 aromatic heterocycles. The molecule has 0 heterocycles. The van der Waals surface area contributed by atoms with Crippen molar-refractivity contribution in [2.75, 3.05) is 0 Å². The van der Waals surface area contributed by atoms with Gasteiger partial charge in [0.2, 0.25) is 0 Å². The molecule has 76 valence electrons. The van der Waals surface area contributed by atoms with Crippen LogP contribution in [-0.2, 0) is 5.41 Å². The monoisotopic (exact) mass is 192 g/mol. The van der Waals surface area contributed by atoms with E-state index in [1.54, 1.807) is 12.1 Å². The molecule has 1 aromatic carbocycles. The summed E-state index contributed by atoms with van der Waals surface area (Å²) in [6, 6.07) is 7.50. The molecule has 0 bridgehead atoms. The summed E-state index contributed by atoms with van der Waals surface area (Å²) in [5.74, 6) is -0.106. The molecular formula is C12H16O2. The van der Waals surface area contributed by atoms with Gasteiger partial charge in [-0.1, -0.05) is 45.0 Å². The molecule has 0 spiro atoms. The summed E-state index contributed by atoms with van der Waals surface area (Å²) in [7, 11) is 0. The molecule has 0 atom stereocenters. The Morgan fingerprint density at radius 3 is 2.00 bits per heavy atom. The Morgan fingerprint density at radius 1 is 1.14 bits per heavy atom. The number of rotatable bonds is 1. The van der Waals surface area contributed by atoms with Gasteiger partial charge in [-0.3, -0.25) is 0 Å². The molecule has 2 nitrogen and oxygen atoms in total. The quantitative estimate of drug-likeness (QED) is 0.669. The third kappa shape index (κ3) is 2.28. The molecule has 0 aliphatic heterocycles. The van der Waals surface area contributed by atoms with E-state index in [4.69, 9.17) is 5.11 Å². The second-order valence-electron chi connectivity index (χ2n) is 4.34. The summed E-state index contributed by atoms with van der Waals surface area (Å²) in [5, 5.41) is 17.8. The maximum atomic E-state index is 9.23. The third-order valence-electron chi connectivity index (χ3n) is 2.17. The van der Waals surface area contributed by atoms with Crippen LogP contribution in [0.2, 0.25) is 0 Å². The Hall–Kier alpha value is -1.44. The molecule has 0 unspecified atom stereocenters. The zero-order valence-corrected chi connectivity index (χ0v) is 8.78. The first-order valence-corrected chi connectivity index (χ1v) is 4.59. The Morgan fingerprint density at radius 2 is 1.64 bits per heavy atom. The lowest BCUT2D eigenvalue weighted by Crippen LogP contribution is -2.10. The van der Waals surface area contributed by atoms with Crippen molar-refractivity contribution in [1.82, 2.24) is 0 Å². The van der Waals surface area contributed by atoms with Gasteiger partial charge in [0, 0.05) is 5.56 Å². The molecule has 1 aromatic rings. The first-order chi connectivity index (χ1) is 6.45. The molecular weight excluding hydrogens is 176 g/mol. The van der Waals surface area contributed by atoms with E-state index in [2.05, 4.69) is 20.8 Å². The van der Waals surface area contributed by atoms with Crippen molar-refractivity contribution >= 4 is 5.76 Å². The topological polar surface area (TPSA) is 40.5 Å².